The van der Waals surface area contributed by atoms with Gasteiger partial charge < -0.3 is 25.5 Å². The van der Waals surface area contributed by atoms with E-state index in [1.807, 2.05) is 6.92 Å². The number of aryl methyl sites for hydroxylation is 1. The zero-order valence-electron chi connectivity index (χ0n) is 18.9. The van der Waals surface area contributed by atoms with Crippen LogP contribution in [0.1, 0.15) is 34.9 Å². The van der Waals surface area contributed by atoms with Crippen LogP contribution < -0.4 is 10.5 Å². The number of aromatic nitrogens is 3. The molecule has 4 rings (SSSR count). The highest BCUT2D eigenvalue weighted by atomic mass is 19.1. The van der Waals surface area contributed by atoms with Crippen LogP contribution >= 0.6 is 0 Å². The SMILES string of the molecule is COc1cccc(-c2cc(F)ccc2C2CC(=NOC[C@H](O)CO)c3c(C)nc(N)nc3C2)n1. The third-order valence-corrected chi connectivity index (χ3v) is 5.67. The summed E-state index contributed by atoms with van der Waals surface area (Å²) in [6.45, 7) is 1.22. The summed E-state index contributed by atoms with van der Waals surface area (Å²) < 4.78 is 19.5. The number of nitrogens with zero attached hydrogens (tertiary/aromatic N) is 4. The Balaban J connectivity index is 1.77. The van der Waals surface area contributed by atoms with Gasteiger partial charge in [0.15, 0.2) is 0 Å². The van der Waals surface area contributed by atoms with Gasteiger partial charge in [-0.25, -0.2) is 19.3 Å². The van der Waals surface area contributed by atoms with E-state index in [2.05, 4.69) is 20.1 Å². The van der Waals surface area contributed by atoms with Gasteiger partial charge in [0.1, 0.15) is 18.5 Å². The maximum atomic E-state index is 14.3. The van der Waals surface area contributed by atoms with Gasteiger partial charge >= 0.3 is 0 Å². The average molecular weight is 468 g/mol. The molecule has 2 aromatic heterocycles. The van der Waals surface area contributed by atoms with Crippen LogP contribution in [0, 0.1) is 12.7 Å². The van der Waals surface area contributed by atoms with E-state index < -0.39 is 12.7 Å². The van der Waals surface area contributed by atoms with Crippen molar-refractivity contribution in [3.05, 3.63) is 64.7 Å². The first-order valence-electron chi connectivity index (χ1n) is 10.8. The van der Waals surface area contributed by atoms with Crippen LogP contribution in [0.2, 0.25) is 0 Å². The molecule has 2 heterocycles. The first kappa shape index (κ1) is 23.5. The molecule has 0 spiro atoms. The Morgan fingerprint density at radius 3 is 2.79 bits per heavy atom. The lowest BCUT2D eigenvalue weighted by Gasteiger charge is -2.28. The van der Waals surface area contributed by atoms with Crippen molar-refractivity contribution in [1.82, 2.24) is 15.0 Å². The molecular weight excluding hydrogens is 441 g/mol. The maximum absolute atomic E-state index is 14.3. The number of anilines is 1. The molecule has 4 N–H and O–H groups in total. The Hall–Kier alpha value is -3.63. The summed E-state index contributed by atoms with van der Waals surface area (Å²) in [4.78, 5) is 18.5. The highest BCUT2D eigenvalue weighted by Gasteiger charge is 2.31. The van der Waals surface area contributed by atoms with E-state index in [0.29, 0.717) is 47.1 Å². The number of aliphatic hydroxyl groups is 2. The highest BCUT2D eigenvalue weighted by Crippen LogP contribution is 2.38. The zero-order valence-corrected chi connectivity index (χ0v) is 18.9. The van der Waals surface area contributed by atoms with Crippen LogP contribution in [0.5, 0.6) is 5.88 Å². The number of fused-ring (bicyclic) bond motifs is 1. The lowest BCUT2D eigenvalue weighted by atomic mass is 9.79. The van der Waals surface area contributed by atoms with Crippen LogP contribution in [0.3, 0.4) is 0 Å². The molecule has 9 nitrogen and oxygen atoms in total. The Morgan fingerprint density at radius 2 is 2.03 bits per heavy atom. The van der Waals surface area contributed by atoms with E-state index >= 15 is 0 Å². The molecule has 34 heavy (non-hydrogen) atoms. The number of rotatable bonds is 7. The van der Waals surface area contributed by atoms with Crippen molar-refractivity contribution in [2.75, 3.05) is 26.1 Å². The minimum Gasteiger partial charge on any atom is -0.481 e. The molecule has 0 saturated heterocycles. The topological polar surface area (TPSA) is 136 Å². The molecule has 0 radical (unpaired) electrons. The van der Waals surface area contributed by atoms with Crippen molar-refractivity contribution < 1.29 is 24.2 Å². The molecule has 1 aliphatic rings. The number of methoxy groups -OCH3 is 1. The summed E-state index contributed by atoms with van der Waals surface area (Å²) >= 11 is 0. The molecule has 0 aliphatic heterocycles. The van der Waals surface area contributed by atoms with Crippen LogP contribution in [-0.2, 0) is 11.3 Å². The Kier molecular flexibility index (Phi) is 6.99. The molecule has 2 atom stereocenters. The van der Waals surface area contributed by atoms with Crippen LogP contribution in [0.25, 0.3) is 11.3 Å². The molecule has 178 valence electrons. The lowest BCUT2D eigenvalue weighted by Crippen LogP contribution is -2.25. The minimum atomic E-state index is -1.05. The van der Waals surface area contributed by atoms with Gasteiger partial charge in [-0.15, -0.1) is 0 Å². The van der Waals surface area contributed by atoms with E-state index in [1.165, 1.54) is 19.2 Å². The second-order valence-corrected chi connectivity index (χ2v) is 8.06. The third kappa shape index (κ3) is 4.97. The molecule has 3 aromatic rings. The normalized spacial score (nSPS) is 17.3. The summed E-state index contributed by atoms with van der Waals surface area (Å²) in [5, 5.41) is 22.9. The number of halogens is 1. The molecule has 10 heteroatoms. The van der Waals surface area contributed by atoms with E-state index in [9.17, 15) is 9.50 Å². The Bertz CT molecular complexity index is 1220. The molecule has 0 saturated carbocycles. The zero-order chi connectivity index (χ0) is 24.2. The molecule has 1 unspecified atom stereocenters. The molecule has 0 fully saturated rings. The second kappa shape index (κ2) is 10.1. The van der Waals surface area contributed by atoms with Crippen molar-refractivity contribution >= 4 is 11.7 Å². The number of aliphatic hydroxyl groups excluding tert-OH is 2. The van der Waals surface area contributed by atoms with Crippen molar-refractivity contribution in [2.45, 2.75) is 31.8 Å². The summed E-state index contributed by atoms with van der Waals surface area (Å²) in [6.07, 6.45) is -0.0577. The Morgan fingerprint density at radius 1 is 1.21 bits per heavy atom. The van der Waals surface area contributed by atoms with Crippen molar-refractivity contribution in [1.29, 1.82) is 0 Å². The number of oxime groups is 1. The summed E-state index contributed by atoms with van der Waals surface area (Å²) in [7, 11) is 1.53. The van der Waals surface area contributed by atoms with E-state index in [-0.39, 0.29) is 24.3 Å². The smallest absolute Gasteiger partial charge is 0.220 e. The highest BCUT2D eigenvalue weighted by molar-refractivity contribution is 6.03. The van der Waals surface area contributed by atoms with Crippen molar-refractivity contribution in [2.24, 2.45) is 5.16 Å². The standard InChI is InChI=1S/C24H26FN5O4/c1-13-23-20(29-24(26)27-13)8-14(9-21(23)30-34-12-16(32)11-31)17-7-6-15(25)10-18(17)19-4-3-5-22(28-19)33-2/h3-7,10,14,16,31-32H,8-9,11-12H2,1-2H3,(H2,26,27,29)/t14?,16-/m1/s1. The number of nitrogens with two attached hydrogens (primary N) is 1. The first-order valence-corrected chi connectivity index (χ1v) is 10.8. The van der Waals surface area contributed by atoms with Crippen molar-refractivity contribution in [3.63, 3.8) is 0 Å². The van der Waals surface area contributed by atoms with Gasteiger partial charge in [-0.1, -0.05) is 17.3 Å². The van der Waals surface area contributed by atoms with Crippen LogP contribution in [-0.4, -0.2) is 57.3 Å². The summed E-state index contributed by atoms with van der Waals surface area (Å²) in [5.41, 5.74) is 10.7. The molecule has 1 aliphatic carbocycles. The van der Waals surface area contributed by atoms with Crippen LogP contribution in [0.4, 0.5) is 10.3 Å². The summed E-state index contributed by atoms with van der Waals surface area (Å²) in [6, 6.07) is 9.94. The number of hydrogen-bond acceptors (Lipinski definition) is 9. The molecule has 0 bridgehead atoms. The van der Waals surface area contributed by atoms with Gasteiger partial charge in [0.25, 0.3) is 0 Å². The average Bonchev–Trinajstić information content (AvgIpc) is 2.83. The number of ether oxygens (including phenoxy) is 1. The van der Waals surface area contributed by atoms with E-state index in [1.54, 1.807) is 24.3 Å². The predicted molar refractivity (Wildman–Crippen MR) is 124 cm³/mol. The van der Waals surface area contributed by atoms with Crippen molar-refractivity contribution in [3.8, 4) is 17.1 Å². The van der Waals surface area contributed by atoms with Gasteiger partial charge in [-0.3, -0.25) is 0 Å². The fourth-order valence-corrected chi connectivity index (χ4v) is 4.16. The fraction of sp³-hybridized carbons (Fsp3) is 0.333. The fourth-order valence-electron chi connectivity index (χ4n) is 4.16. The van der Waals surface area contributed by atoms with Gasteiger partial charge in [-0.2, -0.15) is 0 Å². The molecule has 1 aromatic carbocycles. The van der Waals surface area contributed by atoms with Gasteiger partial charge in [-0.05, 0) is 43.0 Å². The lowest BCUT2D eigenvalue weighted by molar-refractivity contribution is 0.00812. The van der Waals surface area contributed by atoms with E-state index in [0.717, 1.165) is 11.1 Å². The predicted octanol–water partition coefficient (Wildman–Crippen LogP) is 2.38. The minimum absolute atomic E-state index is 0.130. The third-order valence-electron chi connectivity index (χ3n) is 5.67. The largest absolute Gasteiger partial charge is 0.481 e. The van der Waals surface area contributed by atoms with E-state index in [4.69, 9.17) is 20.4 Å². The quantitative estimate of drug-likeness (QED) is 0.451. The van der Waals surface area contributed by atoms with Gasteiger partial charge in [0.05, 0.1) is 36.5 Å². The van der Waals surface area contributed by atoms with Gasteiger partial charge in [0, 0.05) is 23.6 Å². The summed E-state index contributed by atoms with van der Waals surface area (Å²) in [5.74, 6) is 0.0738. The number of pyridine rings is 1. The van der Waals surface area contributed by atoms with Gasteiger partial charge in [0.2, 0.25) is 11.8 Å². The Labute approximate surface area is 196 Å². The first-order chi connectivity index (χ1) is 16.4. The molecule has 0 amide bonds. The second-order valence-electron chi connectivity index (χ2n) is 8.06. The van der Waals surface area contributed by atoms with Crippen LogP contribution in [0.15, 0.2) is 41.6 Å². The molecular formula is C24H26FN5O4. The maximum Gasteiger partial charge on any atom is 0.220 e. The monoisotopic (exact) mass is 467 g/mol. The number of benzene rings is 1. The number of hydrogen-bond donors (Lipinski definition) is 3. The number of nitrogen functional groups attached to an aromatic ring is 1.